The van der Waals surface area contributed by atoms with Crippen LogP contribution >= 0.6 is 0 Å². The first-order valence-electron chi connectivity index (χ1n) is 9.09. The van der Waals surface area contributed by atoms with Crippen LogP contribution in [0.25, 0.3) is 6.08 Å². The van der Waals surface area contributed by atoms with E-state index in [4.69, 9.17) is 14.7 Å². The van der Waals surface area contributed by atoms with Gasteiger partial charge < -0.3 is 9.64 Å². The second-order valence-corrected chi connectivity index (χ2v) is 7.09. The quantitative estimate of drug-likeness (QED) is 0.827. The number of rotatable bonds is 2. The highest BCUT2D eigenvalue weighted by molar-refractivity contribution is 5.73. The van der Waals surface area contributed by atoms with Crippen LogP contribution in [0.15, 0.2) is 41.0 Å². The lowest BCUT2D eigenvalue weighted by atomic mass is 9.98. The minimum atomic E-state index is 0.490. The first kappa shape index (κ1) is 16.3. The van der Waals surface area contributed by atoms with Gasteiger partial charge in [0.2, 0.25) is 0 Å². The lowest BCUT2D eigenvalue weighted by Gasteiger charge is -2.29. The second-order valence-electron chi connectivity index (χ2n) is 7.09. The summed E-state index contributed by atoms with van der Waals surface area (Å²) in [6.07, 6.45) is 12.1. The molecule has 1 fully saturated rings. The van der Waals surface area contributed by atoms with E-state index in [0.717, 1.165) is 50.1 Å². The van der Waals surface area contributed by atoms with Gasteiger partial charge in [-0.05, 0) is 37.0 Å². The van der Waals surface area contributed by atoms with Crippen LogP contribution in [0, 0.1) is 12.8 Å². The summed E-state index contributed by atoms with van der Waals surface area (Å²) < 4.78 is 5.50. The third-order valence-corrected chi connectivity index (χ3v) is 5.27. The molecule has 1 aromatic heterocycles. The summed E-state index contributed by atoms with van der Waals surface area (Å²) >= 11 is 0. The number of aryl methyl sites for hydroxylation is 1. The summed E-state index contributed by atoms with van der Waals surface area (Å²) in [7, 11) is 0. The van der Waals surface area contributed by atoms with Crippen LogP contribution in [-0.4, -0.2) is 36.3 Å². The molecule has 3 aliphatic rings. The van der Waals surface area contributed by atoms with Crippen LogP contribution in [0.1, 0.15) is 30.9 Å². The zero-order valence-electron chi connectivity index (χ0n) is 15.2. The molecule has 4 rings (SSSR count). The third kappa shape index (κ3) is 3.19. The van der Waals surface area contributed by atoms with Crippen molar-refractivity contribution in [2.45, 2.75) is 27.2 Å². The highest BCUT2D eigenvalue weighted by Crippen LogP contribution is 2.35. The number of ether oxygens (including phenoxy) is 1. The van der Waals surface area contributed by atoms with E-state index in [-0.39, 0.29) is 0 Å². The number of morpholine rings is 1. The molecular formula is C21H25N3O. The van der Waals surface area contributed by atoms with Crippen LogP contribution in [-0.2, 0) is 11.2 Å². The molecule has 0 amide bonds. The van der Waals surface area contributed by atoms with Gasteiger partial charge in [-0.15, -0.1) is 0 Å². The van der Waals surface area contributed by atoms with Crippen LogP contribution < -0.4 is 4.90 Å². The molecule has 25 heavy (non-hydrogen) atoms. The maximum absolute atomic E-state index is 5.50. The van der Waals surface area contributed by atoms with Crippen LogP contribution in [0.2, 0.25) is 0 Å². The van der Waals surface area contributed by atoms with E-state index in [0.29, 0.717) is 5.92 Å². The molecule has 2 heterocycles. The predicted octanol–water partition coefficient (Wildman–Crippen LogP) is 3.64. The van der Waals surface area contributed by atoms with Crippen LogP contribution in [0.5, 0.6) is 0 Å². The lowest BCUT2D eigenvalue weighted by Crippen LogP contribution is -2.37. The zero-order valence-corrected chi connectivity index (χ0v) is 15.2. The predicted molar refractivity (Wildman–Crippen MR) is 102 cm³/mol. The summed E-state index contributed by atoms with van der Waals surface area (Å²) in [5.74, 6) is 2.42. The van der Waals surface area contributed by atoms with Gasteiger partial charge in [0.1, 0.15) is 11.6 Å². The molecule has 0 saturated carbocycles. The lowest BCUT2D eigenvalue weighted by molar-refractivity contribution is 0.122. The monoisotopic (exact) mass is 335 g/mol. The van der Waals surface area contributed by atoms with Gasteiger partial charge in [-0.3, -0.25) is 0 Å². The Morgan fingerprint density at radius 2 is 1.92 bits per heavy atom. The normalized spacial score (nSPS) is 22.9. The Kier molecular flexibility index (Phi) is 4.30. The Labute approximate surface area is 149 Å². The van der Waals surface area contributed by atoms with Crippen molar-refractivity contribution in [2.75, 3.05) is 31.2 Å². The van der Waals surface area contributed by atoms with E-state index in [2.05, 4.69) is 49.1 Å². The minimum absolute atomic E-state index is 0.490. The smallest absolute Gasteiger partial charge is 0.136 e. The van der Waals surface area contributed by atoms with Crippen LogP contribution in [0.4, 0.5) is 5.82 Å². The molecule has 1 atom stereocenters. The van der Waals surface area contributed by atoms with Gasteiger partial charge in [-0.25, -0.2) is 9.97 Å². The van der Waals surface area contributed by atoms with Gasteiger partial charge in [-0.2, -0.15) is 0 Å². The molecule has 0 N–H and O–H groups in total. The number of anilines is 1. The highest BCUT2D eigenvalue weighted by Gasteiger charge is 2.25. The average Bonchev–Trinajstić information content (AvgIpc) is 2.96. The van der Waals surface area contributed by atoms with Gasteiger partial charge in [0, 0.05) is 25.1 Å². The van der Waals surface area contributed by atoms with Gasteiger partial charge in [0.15, 0.2) is 0 Å². The molecule has 0 spiro atoms. The fourth-order valence-electron chi connectivity index (χ4n) is 3.62. The molecule has 1 aliphatic heterocycles. The largest absolute Gasteiger partial charge is 0.378 e. The van der Waals surface area contributed by atoms with E-state index >= 15 is 0 Å². The Morgan fingerprint density at radius 3 is 2.72 bits per heavy atom. The number of fused-ring (bicyclic) bond motifs is 1. The van der Waals surface area contributed by atoms with E-state index in [9.17, 15) is 0 Å². The maximum atomic E-state index is 5.50. The van der Waals surface area contributed by atoms with Crippen molar-refractivity contribution < 1.29 is 4.74 Å². The topological polar surface area (TPSA) is 38.2 Å². The maximum Gasteiger partial charge on any atom is 0.136 e. The molecule has 1 unspecified atom stereocenters. The first-order valence-corrected chi connectivity index (χ1v) is 9.09. The molecule has 130 valence electrons. The van der Waals surface area contributed by atoms with Crippen molar-refractivity contribution in [3.8, 4) is 0 Å². The molecule has 4 heteroatoms. The van der Waals surface area contributed by atoms with Crippen LogP contribution in [0.3, 0.4) is 0 Å². The van der Waals surface area contributed by atoms with Crippen molar-refractivity contribution in [3.05, 3.63) is 58.1 Å². The molecule has 0 radical (unpaired) electrons. The zero-order chi connectivity index (χ0) is 17.4. The summed E-state index contributed by atoms with van der Waals surface area (Å²) in [6, 6.07) is 0. The standard InChI is InChI=1S/C21H25N3O/c1-14-5-4-6-17(11-15(14)2)18-12-19-20(13-18)22-16(3)23-21(19)24-7-9-25-10-8-24/h4-6,11,13-14H,7-10,12H2,1-3H3. The van der Waals surface area contributed by atoms with Crippen molar-refractivity contribution in [1.29, 1.82) is 0 Å². The summed E-state index contributed by atoms with van der Waals surface area (Å²) in [5.41, 5.74) is 6.37. The Hall–Kier alpha value is -2.20. The Balaban J connectivity index is 1.68. The summed E-state index contributed by atoms with van der Waals surface area (Å²) in [4.78, 5) is 11.8. The van der Waals surface area contributed by atoms with E-state index in [1.54, 1.807) is 0 Å². The molecule has 1 aromatic rings. The third-order valence-electron chi connectivity index (χ3n) is 5.27. The Bertz CT molecular complexity index is 811. The van der Waals surface area contributed by atoms with Crippen molar-refractivity contribution in [3.63, 3.8) is 0 Å². The second kappa shape index (κ2) is 6.60. The molecule has 0 aromatic carbocycles. The number of hydrogen-bond donors (Lipinski definition) is 0. The van der Waals surface area contributed by atoms with E-state index in [1.807, 2.05) is 6.92 Å². The molecule has 4 nitrogen and oxygen atoms in total. The van der Waals surface area contributed by atoms with Gasteiger partial charge in [0.05, 0.1) is 18.9 Å². The molecule has 2 aliphatic carbocycles. The summed E-state index contributed by atoms with van der Waals surface area (Å²) in [5, 5.41) is 0. The minimum Gasteiger partial charge on any atom is -0.378 e. The van der Waals surface area contributed by atoms with Gasteiger partial charge >= 0.3 is 0 Å². The van der Waals surface area contributed by atoms with Crippen molar-refractivity contribution >= 4 is 11.9 Å². The molecule has 1 saturated heterocycles. The SMILES string of the molecule is CC1=CC(C2=Cc3nc(C)nc(N4CCOCC4)c3C2)=CC=CC1C. The van der Waals surface area contributed by atoms with E-state index in [1.165, 1.54) is 22.3 Å². The number of aromatic nitrogens is 2. The fourth-order valence-corrected chi connectivity index (χ4v) is 3.62. The fraction of sp³-hybridized carbons (Fsp3) is 0.429. The van der Waals surface area contributed by atoms with Crippen molar-refractivity contribution in [2.24, 2.45) is 5.92 Å². The number of allylic oxidation sites excluding steroid dienone is 7. The van der Waals surface area contributed by atoms with Crippen molar-refractivity contribution in [1.82, 2.24) is 9.97 Å². The molecular weight excluding hydrogens is 310 g/mol. The van der Waals surface area contributed by atoms with Gasteiger partial charge in [0.25, 0.3) is 0 Å². The average molecular weight is 335 g/mol. The Morgan fingerprint density at radius 1 is 1.12 bits per heavy atom. The highest BCUT2D eigenvalue weighted by atomic mass is 16.5. The summed E-state index contributed by atoms with van der Waals surface area (Å²) in [6.45, 7) is 9.78. The molecule has 0 bridgehead atoms. The van der Waals surface area contributed by atoms with E-state index < -0.39 is 0 Å². The number of nitrogens with zero attached hydrogens (tertiary/aromatic N) is 3. The van der Waals surface area contributed by atoms with Gasteiger partial charge in [-0.1, -0.05) is 36.8 Å². The number of hydrogen-bond acceptors (Lipinski definition) is 4. The first-order chi connectivity index (χ1) is 12.1.